The van der Waals surface area contributed by atoms with Gasteiger partial charge in [-0.2, -0.15) is 0 Å². The predicted molar refractivity (Wildman–Crippen MR) is 61.3 cm³/mol. The summed E-state index contributed by atoms with van der Waals surface area (Å²) in [7, 11) is 1.00. The number of rotatable bonds is 2. The molecule has 0 spiro atoms. The minimum atomic E-state index is 0. The van der Waals surface area contributed by atoms with Gasteiger partial charge in [0.05, 0.1) is 0 Å². The monoisotopic (exact) mass is 206 g/mol. The van der Waals surface area contributed by atoms with Crippen molar-refractivity contribution in [1.29, 1.82) is 0 Å². The average Bonchev–Trinajstić information content (AvgIpc) is 2.13. The van der Waals surface area contributed by atoms with Gasteiger partial charge in [0.25, 0.3) is 8.05 Å². The summed E-state index contributed by atoms with van der Waals surface area (Å²) in [6, 6.07) is 7.27. The average molecular weight is 206 g/mol. The molecule has 0 bridgehead atoms. The first-order valence-corrected chi connectivity index (χ1v) is 3.67. The first-order chi connectivity index (χ1) is 5.84. The third kappa shape index (κ3) is 6.16. The third-order valence-corrected chi connectivity index (χ3v) is 1.36. The van der Waals surface area contributed by atoms with Gasteiger partial charge in [0, 0.05) is 0 Å². The second kappa shape index (κ2) is 10.1. The van der Waals surface area contributed by atoms with Gasteiger partial charge in [-0.25, -0.2) is 0 Å². The summed E-state index contributed by atoms with van der Waals surface area (Å²) in [5.41, 5.74) is 0.928. The van der Waals surface area contributed by atoms with Crippen molar-refractivity contribution in [1.82, 2.24) is 0 Å². The molecule has 0 heterocycles. The van der Waals surface area contributed by atoms with E-state index >= 15 is 0 Å². The van der Waals surface area contributed by atoms with Crippen LogP contribution in [-0.2, 0) is 6.42 Å². The maximum atomic E-state index is 9.19. The van der Waals surface area contributed by atoms with Gasteiger partial charge in [-0.1, -0.05) is 24.3 Å². The predicted octanol–water partition coefficient (Wildman–Crippen LogP) is -0.269. The molecule has 0 radical (unpaired) electrons. The zero-order valence-electron chi connectivity index (χ0n) is 7.20. The van der Waals surface area contributed by atoms with E-state index in [0.717, 1.165) is 20.0 Å². The Labute approximate surface area is 110 Å². The molecule has 0 aliphatic rings. The SMILES string of the molecule is BO.C=CCc1ccccc1O.[CaH2]. The fourth-order valence-electron chi connectivity index (χ4n) is 0.839. The topological polar surface area (TPSA) is 40.5 Å². The van der Waals surface area contributed by atoms with Crippen molar-refractivity contribution < 1.29 is 10.1 Å². The van der Waals surface area contributed by atoms with E-state index < -0.39 is 0 Å². The Balaban J connectivity index is 0. The van der Waals surface area contributed by atoms with E-state index in [9.17, 15) is 5.11 Å². The van der Waals surface area contributed by atoms with Crippen molar-refractivity contribution in [2.24, 2.45) is 0 Å². The first kappa shape index (κ1) is 15.5. The van der Waals surface area contributed by atoms with Crippen LogP contribution in [0.1, 0.15) is 5.56 Å². The van der Waals surface area contributed by atoms with Crippen molar-refractivity contribution in [3.8, 4) is 5.75 Å². The minimum absolute atomic E-state index is 0. The maximum absolute atomic E-state index is 9.19. The molecule has 68 valence electrons. The number of phenols is 1. The molecule has 13 heavy (non-hydrogen) atoms. The zero-order chi connectivity index (χ0) is 9.40. The molecule has 0 aromatic heterocycles. The second-order valence-electron chi connectivity index (χ2n) is 2.12. The number of aromatic hydroxyl groups is 1. The van der Waals surface area contributed by atoms with Crippen LogP contribution < -0.4 is 0 Å². The summed E-state index contributed by atoms with van der Waals surface area (Å²) in [4.78, 5) is 0. The number of hydrogen-bond acceptors (Lipinski definition) is 2. The Kier molecular flexibility index (Phi) is 12.1. The van der Waals surface area contributed by atoms with Gasteiger partial charge in [0.2, 0.25) is 0 Å². The van der Waals surface area contributed by atoms with Crippen molar-refractivity contribution in [3.63, 3.8) is 0 Å². The van der Waals surface area contributed by atoms with E-state index in [1.165, 1.54) is 0 Å². The first-order valence-electron chi connectivity index (χ1n) is 3.67. The van der Waals surface area contributed by atoms with Crippen molar-refractivity contribution in [3.05, 3.63) is 42.5 Å². The summed E-state index contributed by atoms with van der Waals surface area (Å²) in [6.45, 7) is 3.59. The standard InChI is InChI=1S/C9H10O.BH3O.Ca.2H/c1-2-5-8-6-3-4-7-9(8)10;1-2;;;/h2-4,6-7,10H,1,5H2;2H,1H2;;;. The molecule has 2 nitrogen and oxygen atoms in total. The molecular formula is C9H15BCaO2. The van der Waals surface area contributed by atoms with Gasteiger partial charge in [-0.3, -0.25) is 0 Å². The van der Waals surface area contributed by atoms with Gasteiger partial charge in [-0.05, 0) is 18.1 Å². The molecule has 0 amide bonds. The summed E-state index contributed by atoms with van der Waals surface area (Å²) in [6.07, 6.45) is 2.50. The number of hydrogen-bond donors (Lipinski definition) is 2. The molecule has 2 N–H and O–H groups in total. The molecule has 4 heteroatoms. The summed E-state index contributed by atoms with van der Waals surface area (Å²) < 4.78 is 0. The molecule has 1 aromatic carbocycles. The van der Waals surface area contributed by atoms with Gasteiger partial charge in [0.1, 0.15) is 5.75 Å². The number of para-hydroxylation sites is 1. The molecule has 0 atom stereocenters. The number of allylic oxidation sites excluding steroid dienone is 1. The molecular weight excluding hydrogens is 191 g/mol. The molecule has 0 fully saturated rings. The van der Waals surface area contributed by atoms with Gasteiger partial charge in [0.15, 0.2) is 0 Å². The molecule has 0 unspecified atom stereocenters. The van der Waals surface area contributed by atoms with Crippen LogP contribution >= 0.6 is 0 Å². The van der Waals surface area contributed by atoms with Gasteiger partial charge >= 0.3 is 37.7 Å². The molecule has 0 saturated carbocycles. The fourth-order valence-corrected chi connectivity index (χ4v) is 0.839. The van der Waals surface area contributed by atoms with E-state index in [1.54, 1.807) is 12.1 Å². The number of phenolic OH excluding ortho intramolecular Hbond substituents is 1. The molecule has 0 saturated heterocycles. The van der Waals surface area contributed by atoms with Crippen LogP contribution in [0.3, 0.4) is 0 Å². The third-order valence-electron chi connectivity index (χ3n) is 1.36. The summed E-state index contributed by atoms with van der Waals surface area (Å²) in [5.74, 6) is 0.349. The van der Waals surface area contributed by atoms with Gasteiger partial charge < -0.3 is 10.1 Å². The van der Waals surface area contributed by atoms with E-state index in [4.69, 9.17) is 5.02 Å². The number of benzene rings is 1. The summed E-state index contributed by atoms with van der Waals surface area (Å²) in [5, 5.41) is 16.2. The van der Waals surface area contributed by atoms with E-state index in [2.05, 4.69) is 6.58 Å². The molecule has 1 rings (SSSR count). The second-order valence-corrected chi connectivity index (χ2v) is 2.12. The Bertz CT molecular complexity index is 241. The van der Waals surface area contributed by atoms with Crippen LogP contribution in [-0.4, -0.2) is 55.9 Å². The van der Waals surface area contributed by atoms with E-state index in [0.29, 0.717) is 5.75 Å². The molecule has 1 aromatic rings. The van der Waals surface area contributed by atoms with Crippen LogP contribution in [0.4, 0.5) is 0 Å². The Morgan fingerprint density at radius 3 is 2.31 bits per heavy atom. The zero-order valence-corrected chi connectivity index (χ0v) is 7.20. The molecule has 0 aliphatic carbocycles. The van der Waals surface area contributed by atoms with Gasteiger partial charge in [-0.15, -0.1) is 6.58 Å². The van der Waals surface area contributed by atoms with Crippen LogP contribution in [0.2, 0.25) is 0 Å². The Morgan fingerprint density at radius 2 is 1.85 bits per heavy atom. The summed E-state index contributed by atoms with van der Waals surface area (Å²) >= 11 is 0. The van der Waals surface area contributed by atoms with E-state index in [1.807, 2.05) is 18.2 Å². The quantitative estimate of drug-likeness (QED) is 0.516. The Morgan fingerprint density at radius 1 is 1.31 bits per heavy atom. The Hall–Kier alpha value is 0.0447. The normalized spacial score (nSPS) is 7.46. The fraction of sp³-hybridized carbons (Fsp3) is 0.111. The van der Waals surface area contributed by atoms with Crippen LogP contribution in [0.5, 0.6) is 5.75 Å². The van der Waals surface area contributed by atoms with Crippen LogP contribution in [0.15, 0.2) is 36.9 Å². The van der Waals surface area contributed by atoms with Crippen molar-refractivity contribution in [2.45, 2.75) is 6.42 Å². The van der Waals surface area contributed by atoms with Crippen molar-refractivity contribution in [2.75, 3.05) is 0 Å². The van der Waals surface area contributed by atoms with Crippen molar-refractivity contribution >= 4 is 45.8 Å². The molecule has 0 aliphatic heterocycles. The van der Waals surface area contributed by atoms with E-state index in [-0.39, 0.29) is 37.7 Å². The van der Waals surface area contributed by atoms with Crippen LogP contribution in [0.25, 0.3) is 0 Å². The van der Waals surface area contributed by atoms with Crippen LogP contribution in [0, 0.1) is 0 Å².